The first kappa shape index (κ1) is 27.5. The van der Waals surface area contributed by atoms with E-state index in [9.17, 15) is 4.79 Å². The number of rotatable bonds is 4. The highest BCUT2D eigenvalue weighted by Gasteiger charge is 2.39. The van der Waals surface area contributed by atoms with E-state index in [4.69, 9.17) is 55.9 Å². The zero-order valence-corrected chi connectivity index (χ0v) is 18.7. The molecule has 1 saturated heterocycles. The fourth-order valence-electron chi connectivity index (χ4n) is 3.78. The van der Waals surface area contributed by atoms with Crippen LogP contribution in [-0.4, -0.2) is 102 Å². The number of ether oxygens (including phenoxy) is 2. The molecule has 3 fully saturated rings. The summed E-state index contributed by atoms with van der Waals surface area (Å²) in [6, 6.07) is 0. The number of hydrogen-bond acceptors (Lipinski definition) is 4. The van der Waals surface area contributed by atoms with Crippen LogP contribution >= 0.6 is 11.8 Å². The fourth-order valence-corrected chi connectivity index (χ4v) is 4.00. The zero-order valence-electron chi connectivity index (χ0n) is 17.9. The minimum Gasteiger partial charge on any atom is -0.454 e. The molecular formula is C15H26B10O3S. The topological polar surface area (TPSA) is 38.8 Å². The third-order valence-corrected chi connectivity index (χ3v) is 6.12. The molecule has 3 aliphatic rings. The number of epoxide rings is 1. The molecule has 0 aromatic rings. The maximum Gasteiger partial charge on any atom is 0.367 e. The second kappa shape index (κ2) is 14.5. The lowest BCUT2D eigenvalue weighted by atomic mass is 8.58. The molecule has 2 saturated carbocycles. The summed E-state index contributed by atoms with van der Waals surface area (Å²) in [4.78, 5) is 11.0. The van der Waals surface area contributed by atoms with Crippen LogP contribution in [0, 0.1) is 5.92 Å². The van der Waals surface area contributed by atoms with E-state index in [1.54, 1.807) is 6.26 Å². The van der Waals surface area contributed by atoms with E-state index in [2.05, 4.69) is 6.92 Å². The third kappa shape index (κ3) is 11.0. The van der Waals surface area contributed by atoms with Crippen molar-refractivity contribution in [2.45, 2.75) is 76.6 Å². The molecule has 1 aliphatic heterocycles. The monoisotopic (exact) mass is 396 g/mol. The van der Waals surface area contributed by atoms with Gasteiger partial charge in [-0.3, -0.25) is 0 Å². The van der Waals surface area contributed by atoms with Gasteiger partial charge in [0.25, 0.3) is 0 Å². The summed E-state index contributed by atoms with van der Waals surface area (Å²) in [6.07, 6.45) is 11.1. The van der Waals surface area contributed by atoms with Crippen molar-refractivity contribution in [3.05, 3.63) is 0 Å². The molecule has 140 valence electrons. The van der Waals surface area contributed by atoms with Gasteiger partial charge in [-0.15, -0.1) is 0 Å². The van der Waals surface area contributed by atoms with E-state index in [0.717, 1.165) is 18.2 Å². The maximum absolute atomic E-state index is 11.0. The van der Waals surface area contributed by atoms with E-state index in [1.807, 2.05) is 0 Å². The molecule has 2 aliphatic carbocycles. The highest BCUT2D eigenvalue weighted by Crippen LogP contribution is 2.35. The Bertz CT molecular complexity index is 445. The van der Waals surface area contributed by atoms with Crippen molar-refractivity contribution >= 4 is 89.0 Å². The average Bonchev–Trinajstić information content (AvgIpc) is 3.43. The maximum atomic E-state index is 11.0. The van der Waals surface area contributed by atoms with E-state index in [0.29, 0.717) is 18.1 Å². The predicted molar refractivity (Wildman–Crippen MR) is 136 cm³/mol. The molecule has 4 atom stereocenters. The second-order valence-corrected chi connectivity index (χ2v) is 8.92. The van der Waals surface area contributed by atoms with Crippen LogP contribution in [0.25, 0.3) is 0 Å². The van der Waals surface area contributed by atoms with Gasteiger partial charge < -0.3 is 9.47 Å². The highest BCUT2D eigenvalue weighted by molar-refractivity contribution is 8.12. The van der Waals surface area contributed by atoms with E-state index in [-0.39, 0.29) is 11.4 Å². The molecule has 12 radical (unpaired) electrons. The third-order valence-electron chi connectivity index (χ3n) is 5.70. The zero-order chi connectivity index (χ0) is 22.0. The van der Waals surface area contributed by atoms with Gasteiger partial charge in [0.2, 0.25) is 0 Å². The minimum absolute atomic E-state index is 0.131. The van der Waals surface area contributed by atoms with Crippen LogP contribution in [0.5, 0.6) is 0 Å². The quantitative estimate of drug-likeness (QED) is 0.397. The highest BCUT2D eigenvalue weighted by atomic mass is 32.2. The molecule has 29 heavy (non-hydrogen) atoms. The van der Waals surface area contributed by atoms with Crippen LogP contribution in [-0.2, 0) is 9.47 Å². The van der Waals surface area contributed by atoms with E-state index < -0.39 is 25.5 Å². The van der Waals surface area contributed by atoms with Gasteiger partial charge in [-0.2, -0.15) is 0 Å². The predicted octanol–water partition coefficient (Wildman–Crippen LogP) is 0.585. The van der Waals surface area contributed by atoms with Gasteiger partial charge in [-0.1, -0.05) is 26.2 Å². The standard InChI is InChI=1S/C9H16O2S.C6H10O.B10/c1-7-5-3-4-6-8(7)11-9(10)12-2;1-2-4-6-5(3-1)7-6;1-7(2)10(8(3)4)9(5)6/h7-8H,3-6H2,1-2H3;5-6H,1-4H2;. The van der Waals surface area contributed by atoms with Gasteiger partial charge in [-0.05, 0) is 56.0 Å². The lowest BCUT2D eigenvalue weighted by Gasteiger charge is -2.27. The lowest BCUT2D eigenvalue weighted by Crippen LogP contribution is -2.62. The van der Waals surface area contributed by atoms with Crippen LogP contribution in [0.15, 0.2) is 0 Å². The van der Waals surface area contributed by atoms with Crippen molar-refractivity contribution in [2.75, 3.05) is 6.26 Å². The first-order valence-electron chi connectivity index (χ1n) is 10.6. The first-order chi connectivity index (χ1) is 13.7. The summed E-state index contributed by atoms with van der Waals surface area (Å²) in [6.45, 7) is 2.16. The van der Waals surface area contributed by atoms with Crippen molar-refractivity contribution in [3.63, 3.8) is 0 Å². The van der Waals surface area contributed by atoms with Crippen LogP contribution < -0.4 is 0 Å². The number of fused-ring (bicyclic) bond motifs is 1. The van der Waals surface area contributed by atoms with Crippen LogP contribution in [0.2, 0.25) is 0 Å². The van der Waals surface area contributed by atoms with Gasteiger partial charge in [0, 0.05) is 72.0 Å². The Kier molecular flexibility index (Phi) is 13.7. The summed E-state index contributed by atoms with van der Waals surface area (Å²) in [5.41, 5.74) is 0. The summed E-state index contributed by atoms with van der Waals surface area (Å²) in [5, 5.41) is -0.131. The SMILES string of the molecule is C1CCC2OC2C1.CSC(=O)OC1CCCCC1C.[B]B([B])B(B([B])[B])B([B])[B]. The number of carbonyl (C=O) groups is 1. The Hall–Kier alpha value is 0.429. The van der Waals surface area contributed by atoms with Crippen LogP contribution in [0.3, 0.4) is 0 Å². The van der Waals surface area contributed by atoms with Crippen LogP contribution in [0.1, 0.15) is 58.3 Å². The molecule has 14 heteroatoms. The molecule has 4 unspecified atom stereocenters. The van der Waals surface area contributed by atoms with Gasteiger partial charge in [0.1, 0.15) is 6.10 Å². The molecule has 1 heterocycles. The molecule has 0 spiro atoms. The Morgan fingerprint density at radius 1 is 0.862 bits per heavy atom. The Morgan fingerprint density at radius 2 is 1.31 bits per heavy atom. The van der Waals surface area contributed by atoms with E-state index >= 15 is 0 Å². The number of thioether (sulfide) groups is 1. The smallest absolute Gasteiger partial charge is 0.367 e. The van der Waals surface area contributed by atoms with Crippen molar-refractivity contribution in [3.8, 4) is 0 Å². The largest absolute Gasteiger partial charge is 0.454 e. The summed E-state index contributed by atoms with van der Waals surface area (Å²) < 4.78 is 10.6. The minimum atomic E-state index is -0.667. The molecule has 0 aromatic heterocycles. The van der Waals surface area contributed by atoms with Crippen molar-refractivity contribution in [1.29, 1.82) is 0 Å². The van der Waals surface area contributed by atoms with Gasteiger partial charge in [-0.25, -0.2) is 4.79 Å². The van der Waals surface area contributed by atoms with Crippen molar-refractivity contribution in [1.82, 2.24) is 0 Å². The summed E-state index contributed by atoms with van der Waals surface area (Å²) >= 11 is 1.16. The second-order valence-electron chi connectivity index (χ2n) is 8.18. The molecule has 0 N–H and O–H groups in total. The first-order valence-corrected chi connectivity index (χ1v) is 11.8. The number of hydrogen-bond donors (Lipinski definition) is 0. The molecule has 0 amide bonds. The van der Waals surface area contributed by atoms with Crippen molar-refractivity contribution in [2.24, 2.45) is 5.92 Å². The molecule has 0 bridgehead atoms. The van der Waals surface area contributed by atoms with Gasteiger partial charge in [0.15, 0.2) is 0 Å². The van der Waals surface area contributed by atoms with Crippen LogP contribution in [0.4, 0.5) is 4.79 Å². The van der Waals surface area contributed by atoms with Gasteiger partial charge >= 0.3 is 5.30 Å². The van der Waals surface area contributed by atoms with Gasteiger partial charge in [0.05, 0.1) is 12.2 Å². The molecule has 0 aromatic carbocycles. The Labute approximate surface area is 191 Å². The Morgan fingerprint density at radius 3 is 1.66 bits per heavy atom. The van der Waals surface area contributed by atoms with Crippen molar-refractivity contribution < 1.29 is 14.3 Å². The Balaban J connectivity index is 0.000000224. The average molecular weight is 395 g/mol. The molecule has 3 rings (SSSR count). The fraction of sp³-hybridized carbons (Fsp3) is 0.933. The number of carbonyl (C=O) groups excluding carboxylic acids is 1. The molecular weight excluding hydrogens is 368 g/mol. The van der Waals surface area contributed by atoms with E-state index in [1.165, 1.54) is 44.9 Å². The summed E-state index contributed by atoms with van der Waals surface area (Å²) in [7, 11) is 31.8. The lowest BCUT2D eigenvalue weighted by molar-refractivity contribution is 0.0608. The summed E-state index contributed by atoms with van der Waals surface area (Å²) in [5.74, 6) is 0.551. The molecule has 3 nitrogen and oxygen atoms in total. The normalized spacial score (nSPS) is 26.8.